The lowest BCUT2D eigenvalue weighted by molar-refractivity contribution is 0.589. The van der Waals surface area contributed by atoms with Crippen molar-refractivity contribution in [1.29, 1.82) is 0 Å². The largest absolute Gasteiger partial charge is 0.142 e. The minimum absolute atomic E-state index is 0.134. The molecule has 0 spiro atoms. The Hall–Kier alpha value is -1.47. The fraction of sp³-hybridized carbons (Fsp3) is 0.364. The number of thiol groups is 1. The maximum absolute atomic E-state index is 4.94. The van der Waals surface area contributed by atoms with E-state index >= 15 is 0 Å². The summed E-state index contributed by atoms with van der Waals surface area (Å²) in [4.78, 5) is 1.12. The van der Waals surface area contributed by atoms with E-state index in [1.54, 1.807) is 0 Å². The highest BCUT2D eigenvalue weighted by Gasteiger charge is 2.20. The number of hydrogen-bond donors (Lipinski definition) is 1. The van der Waals surface area contributed by atoms with Crippen molar-refractivity contribution in [3.63, 3.8) is 0 Å². The quantitative estimate of drug-likeness (QED) is 0.571. The molecule has 0 fully saturated rings. The SMILES string of the molecule is CC(C)(C)c1cc(C2=CCCCC2)c(S)c(-c2ccccc2)c1. The minimum Gasteiger partial charge on any atom is -0.142 e. The first-order valence-electron chi connectivity index (χ1n) is 8.59. The van der Waals surface area contributed by atoms with Crippen LogP contribution in [-0.4, -0.2) is 0 Å². The van der Waals surface area contributed by atoms with Gasteiger partial charge in [-0.25, -0.2) is 0 Å². The van der Waals surface area contributed by atoms with Crippen LogP contribution in [-0.2, 0) is 5.41 Å². The molecule has 1 heteroatoms. The van der Waals surface area contributed by atoms with Crippen molar-refractivity contribution in [2.75, 3.05) is 0 Å². The van der Waals surface area contributed by atoms with Crippen molar-refractivity contribution in [2.45, 2.75) is 56.8 Å². The van der Waals surface area contributed by atoms with E-state index in [-0.39, 0.29) is 5.41 Å². The molecule has 0 N–H and O–H groups in total. The molecule has 0 radical (unpaired) electrons. The van der Waals surface area contributed by atoms with Crippen LogP contribution in [0.25, 0.3) is 16.7 Å². The number of hydrogen-bond acceptors (Lipinski definition) is 1. The maximum atomic E-state index is 4.94. The Bertz CT molecular complexity index is 718. The Morgan fingerprint density at radius 3 is 2.22 bits per heavy atom. The van der Waals surface area contributed by atoms with Gasteiger partial charge in [0.15, 0.2) is 0 Å². The molecule has 0 nitrogen and oxygen atoms in total. The molecule has 0 aliphatic heterocycles. The molecule has 0 heterocycles. The lowest BCUT2D eigenvalue weighted by Crippen LogP contribution is -2.12. The molecule has 1 aliphatic rings. The Labute approximate surface area is 146 Å². The van der Waals surface area contributed by atoms with Crippen molar-refractivity contribution >= 4 is 18.2 Å². The molecule has 2 aromatic carbocycles. The van der Waals surface area contributed by atoms with Crippen LogP contribution in [0, 0.1) is 0 Å². The molecule has 120 valence electrons. The van der Waals surface area contributed by atoms with Crippen LogP contribution < -0.4 is 0 Å². The van der Waals surface area contributed by atoms with Gasteiger partial charge >= 0.3 is 0 Å². The molecule has 0 unspecified atom stereocenters. The zero-order valence-electron chi connectivity index (χ0n) is 14.4. The molecule has 0 amide bonds. The van der Waals surface area contributed by atoms with E-state index in [1.807, 2.05) is 0 Å². The standard InChI is InChI=1S/C22H26S/c1-22(2,3)18-14-19(16-10-6-4-7-11-16)21(23)20(15-18)17-12-8-5-9-13-17/h4,6-7,10-12,14-15,23H,5,8-9,13H2,1-3H3. The first kappa shape index (κ1) is 16.4. The maximum Gasteiger partial charge on any atom is 0.0194 e. The zero-order valence-corrected chi connectivity index (χ0v) is 15.3. The van der Waals surface area contributed by atoms with Gasteiger partial charge in [-0.15, -0.1) is 12.6 Å². The van der Waals surface area contributed by atoms with Gasteiger partial charge in [0.25, 0.3) is 0 Å². The van der Waals surface area contributed by atoms with Crippen LogP contribution in [0.2, 0.25) is 0 Å². The molecule has 3 rings (SSSR count). The van der Waals surface area contributed by atoms with E-state index in [2.05, 4.69) is 69.3 Å². The molecule has 1 aliphatic carbocycles. The summed E-state index contributed by atoms with van der Waals surface area (Å²) in [5.41, 5.74) is 6.83. The predicted molar refractivity (Wildman–Crippen MR) is 104 cm³/mol. The van der Waals surface area contributed by atoms with Crippen LogP contribution in [0.1, 0.15) is 57.6 Å². The number of benzene rings is 2. The highest BCUT2D eigenvalue weighted by atomic mass is 32.1. The Kier molecular flexibility index (Phi) is 4.68. The molecular weight excluding hydrogens is 296 g/mol. The summed E-state index contributed by atoms with van der Waals surface area (Å²) in [7, 11) is 0. The van der Waals surface area contributed by atoms with Crippen LogP contribution >= 0.6 is 12.6 Å². The molecule has 0 saturated carbocycles. The van der Waals surface area contributed by atoms with Gasteiger partial charge in [0.05, 0.1) is 0 Å². The van der Waals surface area contributed by atoms with Gasteiger partial charge in [0.1, 0.15) is 0 Å². The summed E-state index contributed by atoms with van der Waals surface area (Å²) < 4.78 is 0. The zero-order chi connectivity index (χ0) is 16.4. The second-order valence-corrected chi connectivity index (χ2v) is 7.96. The number of rotatable bonds is 2. The van der Waals surface area contributed by atoms with Crippen LogP contribution in [0.5, 0.6) is 0 Å². The van der Waals surface area contributed by atoms with Gasteiger partial charge in [0, 0.05) is 4.90 Å². The second kappa shape index (κ2) is 6.57. The Morgan fingerprint density at radius 1 is 0.913 bits per heavy atom. The molecule has 0 bridgehead atoms. The highest BCUT2D eigenvalue weighted by Crippen LogP contribution is 2.39. The summed E-state index contributed by atoms with van der Waals surface area (Å²) in [5, 5.41) is 0. The fourth-order valence-electron chi connectivity index (χ4n) is 3.23. The summed E-state index contributed by atoms with van der Waals surface area (Å²) in [6.45, 7) is 6.86. The van der Waals surface area contributed by atoms with Crippen LogP contribution in [0.4, 0.5) is 0 Å². The third kappa shape index (κ3) is 3.55. The molecule has 0 atom stereocenters. The molecule has 23 heavy (non-hydrogen) atoms. The van der Waals surface area contributed by atoms with Gasteiger partial charge in [0.2, 0.25) is 0 Å². The van der Waals surface area contributed by atoms with E-state index in [0.29, 0.717) is 0 Å². The molecule has 0 saturated heterocycles. The average Bonchev–Trinajstić information content (AvgIpc) is 2.55. The minimum atomic E-state index is 0.134. The summed E-state index contributed by atoms with van der Waals surface area (Å²) >= 11 is 4.94. The van der Waals surface area contributed by atoms with E-state index in [9.17, 15) is 0 Å². The topological polar surface area (TPSA) is 0 Å². The summed E-state index contributed by atoms with van der Waals surface area (Å²) in [5.74, 6) is 0. The van der Waals surface area contributed by atoms with Gasteiger partial charge in [-0.05, 0) is 71.1 Å². The van der Waals surface area contributed by atoms with E-state index < -0.39 is 0 Å². The smallest absolute Gasteiger partial charge is 0.0194 e. The van der Waals surface area contributed by atoms with Gasteiger partial charge in [-0.2, -0.15) is 0 Å². The van der Waals surface area contributed by atoms with Crippen molar-refractivity contribution in [3.8, 4) is 11.1 Å². The molecular formula is C22H26S. The van der Waals surface area contributed by atoms with Crippen molar-refractivity contribution in [1.82, 2.24) is 0 Å². The van der Waals surface area contributed by atoms with Crippen LogP contribution in [0.15, 0.2) is 53.4 Å². The Balaban J connectivity index is 2.21. The summed E-state index contributed by atoms with van der Waals surface area (Å²) in [6.07, 6.45) is 7.40. The second-order valence-electron chi connectivity index (χ2n) is 7.51. The van der Waals surface area contributed by atoms with Gasteiger partial charge < -0.3 is 0 Å². The van der Waals surface area contributed by atoms with E-state index in [0.717, 1.165) is 4.90 Å². The van der Waals surface area contributed by atoms with Crippen molar-refractivity contribution in [2.24, 2.45) is 0 Å². The third-order valence-corrected chi connectivity index (χ3v) is 5.18. The van der Waals surface area contributed by atoms with E-state index in [4.69, 9.17) is 12.6 Å². The van der Waals surface area contributed by atoms with Crippen LogP contribution in [0.3, 0.4) is 0 Å². The molecule has 2 aromatic rings. The first-order valence-corrected chi connectivity index (χ1v) is 9.04. The lowest BCUT2D eigenvalue weighted by atomic mass is 9.82. The van der Waals surface area contributed by atoms with E-state index in [1.165, 1.54) is 53.5 Å². The van der Waals surface area contributed by atoms with Crippen molar-refractivity contribution < 1.29 is 0 Å². The lowest BCUT2D eigenvalue weighted by Gasteiger charge is -2.25. The monoisotopic (exact) mass is 322 g/mol. The van der Waals surface area contributed by atoms with Crippen molar-refractivity contribution in [3.05, 3.63) is 59.7 Å². The molecule has 0 aromatic heterocycles. The predicted octanol–water partition coefficient (Wildman–Crippen LogP) is 6.90. The van der Waals surface area contributed by atoms with Gasteiger partial charge in [-0.1, -0.05) is 57.2 Å². The normalized spacial score (nSPS) is 15.4. The summed E-state index contributed by atoms with van der Waals surface area (Å²) in [6, 6.07) is 15.3. The first-order chi connectivity index (χ1) is 11.0. The average molecular weight is 323 g/mol. The third-order valence-electron chi connectivity index (χ3n) is 4.70. The highest BCUT2D eigenvalue weighted by molar-refractivity contribution is 7.80. The van der Waals surface area contributed by atoms with Gasteiger partial charge in [-0.3, -0.25) is 0 Å². The fourth-order valence-corrected chi connectivity index (χ4v) is 3.63. The Morgan fingerprint density at radius 2 is 1.61 bits per heavy atom. The number of allylic oxidation sites excluding steroid dienone is 2.